The SMILES string of the molecule is CC#N.CC#N.CC#N.CC#N.CC#N.CC#N.COc1cc2c(OC)cc1C[n+]1ccc(cc1)-c1cc[n+](cc1)Cc1cc(OC)c(cc1OC)C[n+]1ccc(cc1)-c1cc[n+](cc1)C2.F[P-](F)(F)(F)(F)F.F[P-](F)(F)(F)(F)F.F[P-](F)(F)(F)(F)F.F[P-](F)(F)(F)(F)F. The van der Waals surface area contributed by atoms with E-state index in [0.717, 1.165) is 67.5 Å². The number of aromatic nitrogens is 4. The molecule has 16 aliphatic heterocycles. The summed E-state index contributed by atoms with van der Waals surface area (Å²) in [7, 11) is -35.7. The number of nitrogens with zero attached hydrogens (tertiary/aromatic N) is 10. The number of hydrogen-bond acceptors (Lipinski definition) is 10. The van der Waals surface area contributed by atoms with Crippen LogP contribution in [0.15, 0.2) is 122 Å². The van der Waals surface area contributed by atoms with Gasteiger partial charge in [-0.2, -0.15) is 31.6 Å². The van der Waals surface area contributed by atoms with E-state index in [-0.39, 0.29) is 0 Å². The van der Waals surface area contributed by atoms with Crippen molar-refractivity contribution in [1.29, 1.82) is 31.6 Å². The number of benzene rings is 2. The molecule has 0 radical (unpaired) electrons. The molecule has 0 aliphatic carbocycles. The number of hydrogen-bond donors (Lipinski definition) is 0. The Hall–Kier alpha value is -8.78. The molecule has 0 spiro atoms. The van der Waals surface area contributed by atoms with Crippen LogP contribution in [0.2, 0.25) is 0 Å². The monoisotopic (exact) mass is 1470 g/mol. The van der Waals surface area contributed by atoms with Crippen molar-refractivity contribution in [2.45, 2.75) is 67.7 Å². The maximum atomic E-state index is 9.87. The first-order valence-electron chi connectivity index (χ1n) is 24.4. The standard InChI is InChI=1S/C40H40N4O4.6C2H3N.4F6P/c1-45-37-21-34-26-42-15-7-30(8-16-42)32-11-19-44(20-12-32)28-36-24-39(47-3)35(23-40(36)48-4)27-43-17-9-31(10-18-43)29-5-13-41(14-6-29)25-33(37)22-38(34)46-2;6*1-2-3;4*1-7(2,3,4,5)6/h5-24H,25-28H2,1-4H3;6*1H3;;;;/q+4;;;;;;;4*-1. The van der Waals surface area contributed by atoms with Gasteiger partial charge in [0.2, 0.25) is 0 Å². The Morgan fingerprint density at radius 3 is 0.447 bits per heavy atom. The van der Waals surface area contributed by atoms with Crippen LogP contribution in [-0.2, 0) is 26.2 Å². The van der Waals surface area contributed by atoms with Gasteiger partial charge in [-0.05, 0) is 46.5 Å². The summed E-state index contributed by atoms with van der Waals surface area (Å²) in [4.78, 5) is 0. The molecule has 0 unspecified atom stereocenters. The van der Waals surface area contributed by atoms with Crippen LogP contribution in [0.4, 0.5) is 101 Å². The number of nitriles is 6. The van der Waals surface area contributed by atoms with Gasteiger partial charge in [0.25, 0.3) is 0 Å². The van der Waals surface area contributed by atoms with Crippen molar-refractivity contribution in [3.05, 3.63) is 145 Å². The van der Waals surface area contributed by atoms with Crippen LogP contribution in [0.25, 0.3) is 22.3 Å². The van der Waals surface area contributed by atoms with Crippen molar-refractivity contribution in [2.24, 2.45) is 0 Å². The fraction of sp³-hybridized carbons (Fsp3) is 0.269. The molecule has 0 fully saturated rings. The van der Waals surface area contributed by atoms with Gasteiger partial charge < -0.3 is 18.9 Å². The summed E-state index contributed by atoms with van der Waals surface area (Å²) < 4.78 is 269. The zero-order valence-electron chi connectivity index (χ0n) is 50.3. The van der Waals surface area contributed by atoms with Crippen molar-refractivity contribution >= 4 is 31.2 Å². The molecule has 4 aromatic heterocycles. The van der Waals surface area contributed by atoms with Crippen molar-refractivity contribution < 1.29 is 138 Å². The summed E-state index contributed by atoms with van der Waals surface area (Å²) in [5.74, 6) is 3.34. The first-order chi connectivity index (χ1) is 41.8. The second kappa shape index (κ2) is 32.9. The molecule has 0 saturated carbocycles. The summed E-state index contributed by atoms with van der Waals surface area (Å²) in [6.45, 7) is 11.2. The van der Waals surface area contributed by atoms with E-state index >= 15 is 0 Å². The van der Waals surface area contributed by atoms with Crippen molar-refractivity contribution in [2.75, 3.05) is 28.4 Å². The normalized spacial score (nSPS) is 13.7. The van der Waals surface area contributed by atoms with Gasteiger partial charge >= 0.3 is 132 Å². The molecular weight excluding hydrogens is 1410 g/mol. The second-order valence-corrected chi connectivity index (χ2v) is 24.8. The zero-order valence-corrected chi connectivity index (χ0v) is 53.9. The molecule has 22 rings (SSSR count). The van der Waals surface area contributed by atoms with E-state index in [4.69, 9.17) is 50.5 Å². The fourth-order valence-electron chi connectivity index (χ4n) is 6.35. The van der Waals surface area contributed by atoms with Gasteiger partial charge in [-0.25, -0.2) is 18.3 Å². The third-order valence-electron chi connectivity index (χ3n) is 9.01. The van der Waals surface area contributed by atoms with Gasteiger partial charge in [0, 0.05) is 90.1 Å². The molecule has 12 bridgehead atoms. The number of methoxy groups -OCH3 is 4. The molecule has 0 N–H and O–H groups in total. The van der Waals surface area contributed by atoms with E-state index in [1.165, 1.54) is 41.5 Å². The fourth-order valence-corrected chi connectivity index (χ4v) is 6.35. The summed E-state index contributed by atoms with van der Waals surface area (Å²) in [6, 6.07) is 36.0. The van der Waals surface area contributed by atoms with E-state index in [9.17, 15) is 101 Å². The van der Waals surface area contributed by atoms with E-state index < -0.39 is 31.2 Å². The predicted molar refractivity (Wildman–Crippen MR) is 302 cm³/mol. The second-order valence-electron chi connectivity index (χ2n) is 17.2. The summed E-state index contributed by atoms with van der Waals surface area (Å²) in [6.07, 6.45) is 16.8. The Morgan fingerprint density at radius 2 is 0.362 bits per heavy atom. The molecule has 528 valence electrons. The molecule has 94 heavy (non-hydrogen) atoms. The third-order valence-corrected chi connectivity index (χ3v) is 9.01. The Morgan fingerprint density at radius 1 is 0.266 bits per heavy atom. The van der Waals surface area contributed by atoms with Crippen LogP contribution < -0.4 is 37.2 Å². The molecule has 2 aromatic carbocycles. The number of ether oxygens (including phenoxy) is 4. The van der Waals surface area contributed by atoms with Crippen molar-refractivity contribution in [1.82, 2.24) is 0 Å². The molecule has 0 amide bonds. The van der Waals surface area contributed by atoms with Gasteiger partial charge in [0.15, 0.2) is 75.8 Å². The Balaban J connectivity index is -0.000000712. The Bertz CT molecular complexity index is 3100. The molecule has 6 aromatic rings. The first-order valence-corrected chi connectivity index (χ1v) is 32.5. The van der Waals surface area contributed by atoms with Gasteiger partial charge in [-0.15, -0.1) is 0 Å². The van der Waals surface area contributed by atoms with Gasteiger partial charge in [0.05, 0.1) is 87.1 Å². The summed E-state index contributed by atoms with van der Waals surface area (Å²) in [5, 5.41) is 43.9. The van der Waals surface area contributed by atoms with E-state index in [0.29, 0.717) is 26.2 Å². The molecular formula is C52H58F24N10O4P4. The van der Waals surface area contributed by atoms with E-state index in [1.807, 2.05) is 0 Å². The zero-order chi connectivity index (χ0) is 74.9. The van der Waals surface area contributed by atoms with Crippen molar-refractivity contribution in [3.63, 3.8) is 0 Å². The van der Waals surface area contributed by atoms with Crippen LogP contribution in [0.5, 0.6) is 23.0 Å². The van der Waals surface area contributed by atoms with Crippen molar-refractivity contribution in [3.8, 4) is 81.7 Å². The quantitative estimate of drug-likeness (QED) is 0.0929. The molecule has 16 aliphatic rings. The number of halogens is 24. The Labute approximate surface area is 522 Å². The maximum absolute atomic E-state index is 10.7. The first kappa shape index (κ1) is 91.6. The van der Waals surface area contributed by atoms with Crippen LogP contribution in [0.1, 0.15) is 63.8 Å². The molecule has 14 nitrogen and oxygen atoms in total. The van der Waals surface area contributed by atoms with Crippen LogP contribution in [0.3, 0.4) is 0 Å². The third kappa shape index (κ3) is 62.0. The van der Waals surface area contributed by atoms with Crippen LogP contribution >= 0.6 is 31.2 Å². The molecule has 0 atom stereocenters. The van der Waals surface area contributed by atoms with Crippen LogP contribution in [0, 0.1) is 68.0 Å². The minimum atomic E-state index is -10.7. The van der Waals surface area contributed by atoms with E-state index in [1.54, 1.807) is 64.9 Å². The minimum absolute atomic E-state index is 0.651. The van der Waals surface area contributed by atoms with Gasteiger partial charge in [-0.3, -0.25) is 0 Å². The molecule has 20 heterocycles. The summed E-state index contributed by atoms with van der Waals surface area (Å²) >= 11 is 0. The topological polar surface area (TPSA) is 195 Å². The van der Waals surface area contributed by atoms with Gasteiger partial charge in [0.1, 0.15) is 23.0 Å². The Kier molecular flexibility index (Phi) is 32.0. The molecule has 0 saturated heterocycles. The van der Waals surface area contributed by atoms with Crippen LogP contribution in [-0.4, -0.2) is 28.4 Å². The predicted octanol–water partition coefficient (Wildman–Crippen LogP) is 21.4. The average Bonchev–Trinajstić information content (AvgIpc) is 0.819. The molecule has 42 heteroatoms. The van der Waals surface area contributed by atoms with Gasteiger partial charge in [-0.1, -0.05) is 0 Å². The average molecular weight is 1470 g/mol. The number of rotatable bonds is 4. The number of pyridine rings is 4. The summed E-state index contributed by atoms with van der Waals surface area (Å²) in [5.41, 5.74) is 8.76. The van der Waals surface area contributed by atoms with E-state index in [2.05, 4.69) is 141 Å².